The highest BCUT2D eigenvalue weighted by Gasteiger charge is 2.28. The van der Waals surface area contributed by atoms with Crippen LogP contribution < -0.4 is 9.80 Å². The monoisotopic (exact) mass is 412 g/mol. The van der Waals surface area contributed by atoms with Gasteiger partial charge in [0, 0.05) is 16.5 Å². The molecule has 0 unspecified atom stereocenters. The Bertz CT molecular complexity index is 785. The summed E-state index contributed by atoms with van der Waals surface area (Å²) in [4.78, 5) is 2.96. The number of hydrogen-bond acceptors (Lipinski definition) is 3. The molecule has 0 atom stereocenters. The summed E-state index contributed by atoms with van der Waals surface area (Å²) in [6.45, 7) is 13.4. The number of aromatic hydroxyl groups is 1. The van der Waals surface area contributed by atoms with Crippen molar-refractivity contribution >= 4 is 0 Å². The summed E-state index contributed by atoms with van der Waals surface area (Å²) in [5.74, 6) is 0.487. The zero-order valence-corrected chi connectivity index (χ0v) is 18.4. The fraction of sp³-hybridized carbons (Fsp3) is 0.520. The summed E-state index contributed by atoms with van der Waals surface area (Å²) < 4.78 is 11.1. The van der Waals surface area contributed by atoms with Crippen LogP contribution in [0.2, 0.25) is 0 Å². The maximum Gasteiger partial charge on any atom is 0.133 e. The highest BCUT2D eigenvalue weighted by atomic mass is 16.5. The Morgan fingerprint density at radius 2 is 1.23 bits per heavy atom. The molecular formula is C25H36N2O3+2. The van der Waals surface area contributed by atoms with Crippen LogP contribution in [0.5, 0.6) is 5.75 Å². The third kappa shape index (κ3) is 4.86. The molecule has 0 saturated carbocycles. The van der Waals surface area contributed by atoms with Gasteiger partial charge in [-0.1, -0.05) is 44.2 Å². The van der Waals surface area contributed by atoms with Gasteiger partial charge >= 0.3 is 0 Å². The van der Waals surface area contributed by atoms with Crippen LogP contribution in [-0.4, -0.2) is 57.7 Å². The van der Waals surface area contributed by atoms with Gasteiger partial charge in [0.25, 0.3) is 0 Å². The lowest BCUT2D eigenvalue weighted by Crippen LogP contribution is -3.13. The quantitative estimate of drug-likeness (QED) is 0.650. The van der Waals surface area contributed by atoms with Gasteiger partial charge in [-0.05, 0) is 23.3 Å². The third-order valence-electron chi connectivity index (χ3n) is 6.77. The molecule has 0 bridgehead atoms. The van der Waals surface area contributed by atoms with Crippen LogP contribution in [0.3, 0.4) is 0 Å². The molecule has 0 aromatic heterocycles. The first-order chi connectivity index (χ1) is 14.5. The highest BCUT2D eigenvalue weighted by molar-refractivity contribution is 5.48. The van der Waals surface area contributed by atoms with Gasteiger partial charge in [-0.15, -0.1) is 0 Å². The standard InChI is InChI=1S/C25H34N2O3/c1-25(2,22-6-4-3-5-7-22)23-16-20(18-26-8-12-29-13-9-26)24(28)21(17-23)19-27-10-14-30-15-11-27/h3-7,16-17,28H,8-15,18-19H2,1-2H3/p+2. The van der Waals surface area contributed by atoms with Crippen molar-refractivity contribution in [1.82, 2.24) is 0 Å². The molecule has 0 amide bonds. The van der Waals surface area contributed by atoms with E-state index in [1.165, 1.54) is 20.9 Å². The number of ether oxygens (including phenoxy) is 2. The van der Waals surface area contributed by atoms with Crippen molar-refractivity contribution < 1.29 is 24.4 Å². The largest absolute Gasteiger partial charge is 0.507 e. The van der Waals surface area contributed by atoms with Gasteiger partial charge in [0.2, 0.25) is 0 Å². The Kier molecular flexibility index (Phi) is 6.74. The van der Waals surface area contributed by atoms with E-state index in [0.29, 0.717) is 5.75 Å². The summed E-state index contributed by atoms with van der Waals surface area (Å²) in [5, 5.41) is 11.2. The second kappa shape index (κ2) is 9.48. The molecule has 2 heterocycles. The first kappa shape index (κ1) is 21.3. The molecule has 5 nitrogen and oxygen atoms in total. The van der Waals surface area contributed by atoms with Gasteiger partial charge in [0.05, 0.1) is 26.4 Å². The normalized spacial score (nSPS) is 19.1. The Labute approximate surface area is 180 Å². The maximum atomic E-state index is 11.2. The molecule has 4 rings (SSSR count). The van der Waals surface area contributed by atoms with E-state index in [2.05, 4.69) is 56.3 Å². The number of rotatable bonds is 6. The average molecular weight is 413 g/mol. The summed E-state index contributed by atoms with van der Waals surface area (Å²) in [5.41, 5.74) is 4.58. The number of phenols is 1. The Balaban J connectivity index is 1.69. The minimum atomic E-state index is -0.126. The van der Waals surface area contributed by atoms with Crippen molar-refractivity contribution in [1.29, 1.82) is 0 Å². The fourth-order valence-corrected chi connectivity index (χ4v) is 4.62. The lowest BCUT2D eigenvalue weighted by atomic mass is 9.77. The molecule has 162 valence electrons. The third-order valence-corrected chi connectivity index (χ3v) is 6.77. The van der Waals surface area contributed by atoms with Crippen LogP contribution in [0.25, 0.3) is 0 Å². The Hall–Kier alpha value is -1.92. The fourth-order valence-electron chi connectivity index (χ4n) is 4.62. The summed E-state index contributed by atoms with van der Waals surface area (Å²) in [6.07, 6.45) is 0. The topological polar surface area (TPSA) is 47.6 Å². The molecule has 2 aliphatic heterocycles. The van der Waals surface area contributed by atoms with E-state index in [-0.39, 0.29) is 5.41 Å². The van der Waals surface area contributed by atoms with Gasteiger partial charge in [0.1, 0.15) is 45.0 Å². The van der Waals surface area contributed by atoms with Crippen molar-refractivity contribution in [3.05, 3.63) is 64.7 Å². The van der Waals surface area contributed by atoms with Gasteiger partial charge in [-0.2, -0.15) is 0 Å². The number of morpholine rings is 2. The molecule has 2 aliphatic rings. The lowest BCUT2D eigenvalue weighted by molar-refractivity contribution is -0.922. The molecule has 30 heavy (non-hydrogen) atoms. The van der Waals surface area contributed by atoms with Crippen molar-refractivity contribution in [2.45, 2.75) is 32.4 Å². The molecule has 2 aromatic rings. The Morgan fingerprint density at radius 1 is 0.767 bits per heavy atom. The van der Waals surface area contributed by atoms with Crippen LogP contribution in [0, 0.1) is 0 Å². The Morgan fingerprint density at radius 3 is 1.70 bits per heavy atom. The number of quaternary nitrogens is 2. The lowest BCUT2D eigenvalue weighted by Gasteiger charge is -2.30. The predicted octanol–water partition coefficient (Wildman–Crippen LogP) is 0.548. The smallest absolute Gasteiger partial charge is 0.133 e. The van der Waals surface area contributed by atoms with Crippen LogP contribution in [0.1, 0.15) is 36.1 Å². The van der Waals surface area contributed by atoms with E-state index < -0.39 is 0 Å². The van der Waals surface area contributed by atoms with Crippen LogP contribution in [0.15, 0.2) is 42.5 Å². The van der Waals surface area contributed by atoms with E-state index in [4.69, 9.17) is 9.47 Å². The van der Waals surface area contributed by atoms with Crippen LogP contribution in [0.4, 0.5) is 0 Å². The number of hydrogen-bond donors (Lipinski definition) is 3. The van der Waals surface area contributed by atoms with E-state index in [1.807, 2.05) is 0 Å². The van der Waals surface area contributed by atoms with Gasteiger partial charge < -0.3 is 24.4 Å². The first-order valence-corrected chi connectivity index (χ1v) is 11.3. The molecular weight excluding hydrogens is 376 g/mol. The molecule has 2 fully saturated rings. The van der Waals surface area contributed by atoms with Crippen molar-refractivity contribution in [3.8, 4) is 5.75 Å². The second-order valence-electron chi connectivity index (χ2n) is 9.21. The van der Waals surface area contributed by atoms with Crippen molar-refractivity contribution in [2.24, 2.45) is 0 Å². The van der Waals surface area contributed by atoms with E-state index in [0.717, 1.165) is 76.8 Å². The van der Waals surface area contributed by atoms with E-state index >= 15 is 0 Å². The summed E-state index contributed by atoms with van der Waals surface area (Å²) >= 11 is 0. The van der Waals surface area contributed by atoms with Crippen LogP contribution >= 0.6 is 0 Å². The molecule has 0 spiro atoms. The predicted molar refractivity (Wildman–Crippen MR) is 117 cm³/mol. The summed E-state index contributed by atoms with van der Waals surface area (Å²) in [6, 6.07) is 15.2. The average Bonchev–Trinajstić information content (AvgIpc) is 2.78. The summed E-state index contributed by atoms with van der Waals surface area (Å²) in [7, 11) is 0. The molecule has 0 radical (unpaired) electrons. The van der Waals surface area contributed by atoms with E-state index in [9.17, 15) is 5.11 Å². The molecule has 2 saturated heterocycles. The second-order valence-corrected chi connectivity index (χ2v) is 9.21. The number of benzene rings is 2. The highest BCUT2D eigenvalue weighted by Crippen LogP contribution is 2.35. The van der Waals surface area contributed by atoms with Crippen LogP contribution in [-0.2, 0) is 28.0 Å². The van der Waals surface area contributed by atoms with Gasteiger partial charge in [0.15, 0.2) is 0 Å². The number of nitrogens with one attached hydrogen (secondary N) is 2. The minimum absolute atomic E-state index is 0.126. The van der Waals surface area contributed by atoms with E-state index in [1.54, 1.807) is 0 Å². The zero-order valence-electron chi connectivity index (χ0n) is 18.4. The van der Waals surface area contributed by atoms with Gasteiger partial charge in [-0.25, -0.2) is 0 Å². The minimum Gasteiger partial charge on any atom is -0.507 e. The van der Waals surface area contributed by atoms with Crippen molar-refractivity contribution in [2.75, 3.05) is 52.6 Å². The maximum absolute atomic E-state index is 11.2. The number of phenolic OH excluding ortho intramolecular Hbond substituents is 1. The molecule has 5 heteroatoms. The molecule has 0 aliphatic carbocycles. The zero-order chi connectivity index (χ0) is 21.0. The van der Waals surface area contributed by atoms with Gasteiger partial charge in [-0.3, -0.25) is 0 Å². The molecule has 3 N–H and O–H groups in total. The SMILES string of the molecule is CC(C)(c1ccccc1)c1cc(C[NH+]2CCOCC2)c(O)c(C[NH+]2CCOCC2)c1. The molecule has 2 aromatic carbocycles. The first-order valence-electron chi connectivity index (χ1n) is 11.3. The van der Waals surface area contributed by atoms with Crippen molar-refractivity contribution in [3.63, 3.8) is 0 Å².